The smallest absolute Gasteiger partial charge is 0.186 e. The Hall–Kier alpha value is 0.0200. The van der Waals surface area contributed by atoms with Gasteiger partial charge in [-0.25, -0.2) is 0 Å². The third-order valence-electron chi connectivity index (χ3n) is 2.30. The molecule has 14 heavy (non-hydrogen) atoms. The van der Waals surface area contributed by atoms with Crippen LogP contribution in [0, 0.1) is 0 Å². The average Bonchev–Trinajstić information content (AvgIpc) is 2.01. The molecule has 0 aromatic heterocycles. The minimum atomic E-state index is 0.137. The van der Waals surface area contributed by atoms with Crippen molar-refractivity contribution in [1.29, 1.82) is 0 Å². The second-order valence-electron chi connectivity index (χ2n) is 4.52. The summed E-state index contributed by atoms with van der Waals surface area (Å²) in [5, 5.41) is 0.239. The van der Waals surface area contributed by atoms with Gasteiger partial charge >= 0.3 is 0 Å². The molecule has 84 valence electrons. The van der Waals surface area contributed by atoms with Crippen molar-refractivity contribution in [2.75, 3.05) is 0 Å². The minimum absolute atomic E-state index is 0.137. The Labute approximate surface area is 93.0 Å². The van der Waals surface area contributed by atoms with Gasteiger partial charge in [0.2, 0.25) is 0 Å². The summed E-state index contributed by atoms with van der Waals surface area (Å²) < 4.78 is 0.137. The number of thioether (sulfide) groups is 1. The molecule has 0 aliphatic heterocycles. The van der Waals surface area contributed by atoms with Crippen molar-refractivity contribution in [2.24, 2.45) is 0 Å². The monoisotopic (exact) mass is 216 g/mol. The van der Waals surface area contributed by atoms with Gasteiger partial charge in [-0.2, -0.15) is 0 Å². The topological polar surface area (TPSA) is 17.1 Å². The predicted molar refractivity (Wildman–Crippen MR) is 65.7 cm³/mol. The molecule has 0 aromatic rings. The highest BCUT2D eigenvalue weighted by Gasteiger charge is 2.19. The SMILES string of the molecule is CCCCCCCC(C)(C)SC(C)=O. The minimum Gasteiger partial charge on any atom is -0.288 e. The van der Waals surface area contributed by atoms with Crippen LogP contribution in [0.1, 0.15) is 66.2 Å². The summed E-state index contributed by atoms with van der Waals surface area (Å²) in [6, 6.07) is 0. The van der Waals surface area contributed by atoms with Crippen LogP contribution in [-0.2, 0) is 4.79 Å². The second-order valence-corrected chi connectivity index (χ2v) is 6.40. The molecule has 0 radical (unpaired) electrons. The highest BCUT2D eigenvalue weighted by molar-refractivity contribution is 8.14. The van der Waals surface area contributed by atoms with E-state index in [1.54, 1.807) is 6.92 Å². The van der Waals surface area contributed by atoms with Gasteiger partial charge < -0.3 is 0 Å². The van der Waals surface area contributed by atoms with Gasteiger partial charge in [0.1, 0.15) is 0 Å². The average molecular weight is 216 g/mol. The van der Waals surface area contributed by atoms with Crippen molar-refractivity contribution in [3.05, 3.63) is 0 Å². The molecular weight excluding hydrogens is 192 g/mol. The fraction of sp³-hybridized carbons (Fsp3) is 0.917. The molecule has 0 bridgehead atoms. The van der Waals surface area contributed by atoms with Crippen LogP contribution in [0.4, 0.5) is 0 Å². The maximum absolute atomic E-state index is 11.0. The molecule has 0 rings (SSSR count). The van der Waals surface area contributed by atoms with Gasteiger partial charge in [-0.1, -0.05) is 64.6 Å². The van der Waals surface area contributed by atoms with E-state index < -0.39 is 0 Å². The van der Waals surface area contributed by atoms with Crippen LogP contribution in [0.2, 0.25) is 0 Å². The van der Waals surface area contributed by atoms with Crippen LogP contribution < -0.4 is 0 Å². The van der Waals surface area contributed by atoms with E-state index in [2.05, 4.69) is 20.8 Å². The normalized spacial score (nSPS) is 11.7. The summed E-state index contributed by atoms with van der Waals surface area (Å²) in [4.78, 5) is 11.0. The Morgan fingerprint density at radius 2 is 1.71 bits per heavy atom. The molecule has 0 saturated carbocycles. The zero-order valence-electron chi connectivity index (χ0n) is 10.1. The molecule has 0 aromatic carbocycles. The Morgan fingerprint density at radius 1 is 1.14 bits per heavy atom. The molecule has 0 fully saturated rings. The van der Waals surface area contributed by atoms with E-state index in [9.17, 15) is 4.79 Å². The number of carbonyl (C=O) groups excluding carboxylic acids is 1. The van der Waals surface area contributed by atoms with Crippen molar-refractivity contribution in [3.8, 4) is 0 Å². The number of hydrogen-bond acceptors (Lipinski definition) is 2. The van der Waals surface area contributed by atoms with Crippen molar-refractivity contribution < 1.29 is 4.79 Å². The lowest BCUT2D eigenvalue weighted by atomic mass is 10.0. The number of unbranched alkanes of at least 4 members (excludes halogenated alkanes) is 4. The van der Waals surface area contributed by atoms with Crippen molar-refractivity contribution in [1.82, 2.24) is 0 Å². The highest BCUT2D eigenvalue weighted by Crippen LogP contribution is 2.30. The molecule has 0 aliphatic carbocycles. The molecule has 0 heterocycles. The van der Waals surface area contributed by atoms with Gasteiger partial charge in [0, 0.05) is 11.7 Å². The highest BCUT2D eigenvalue weighted by atomic mass is 32.2. The number of hydrogen-bond donors (Lipinski definition) is 0. The van der Waals surface area contributed by atoms with E-state index in [4.69, 9.17) is 0 Å². The van der Waals surface area contributed by atoms with Crippen LogP contribution in [0.25, 0.3) is 0 Å². The quantitative estimate of drug-likeness (QED) is 0.587. The second kappa shape index (κ2) is 7.33. The van der Waals surface area contributed by atoms with Gasteiger partial charge in [0.15, 0.2) is 5.12 Å². The van der Waals surface area contributed by atoms with E-state index in [1.165, 1.54) is 43.9 Å². The molecule has 0 amide bonds. The van der Waals surface area contributed by atoms with E-state index >= 15 is 0 Å². The first-order valence-electron chi connectivity index (χ1n) is 5.67. The fourth-order valence-corrected chi connectivity index (χ4v) is 2.62. The molecule has 0 unspecified atom stereocenters. The molecular formula is C12H24OS. The summed E-state index contributed by atoms with van der Waals surface area (Å²) in [6.45, 7) is 8.22. The molecule has 0 spiro atoms. The van der Waals surface area contributed by atoms with Crippen LogP contribution >= 0.6 is 11.8 Å². The Bertz CT molecular complexity index is 164. The van der Waals surface area contributed by atoms with E-state index in [1.807, 2.05) is 0 Å². The lowest BCUT2D eigenvalue weighted by Gasteiger charge is -2.21. The number of carbonyl (C=O) groups is 1. The van der Waals surface area contributed by atoms with Gasteiger partial charge in [-0.15, -0.1) is 0 Å². The third kappa shape index (κ3) is 8.61. The first-order chi connectivity index (χ1) is 6.48. The molecule has 1 nitrogen and oxygen atoms in total. The summed E-state index contributed by atoms with van der Waals surface area (Å²) in [5.41, 5.74) is 0. The first-order valence-corrected chi connectivity index (χ1v) is 6.49. The Morgan fingerprint density at radius 3 is 2.21 bits per heavy atom. The van der Waals surface area contributed by atoms with Crippen molar-refractivity contribution >= 4 is 16.9 Å². The standard InChI is InChI=1S/C12H24OS/c1-5-6-7-8-9-10-12(3,4)14-11(2)13/h5-10H2,1-4H3. The Balaban J connectivity index is 3.50. The van der Waals surface area contributed by atoms with Crippen molar-refractivity contribution in [3.63, 3.8) is 0 Å². The lowest BCUT2D eigenvalue weighted by molar-refractivity contribution is -0.109. The Kier molecular flexibility index (Phi) is 7.34. The third-order valence-corrected chi connectivity index (χ3v) is 3.35. The van der Waals surface area contributed by atoms with Crippen LogP contribution in [0.15, 0.2) is 0 Å². The molecule has 0 atom stereocenters. The number of rotatable bonds is 7. The summed E-state index contributed by atoms with van der Waals surface area (Å²) >= 11 is 1.48. The maximum atomic E-state index is 11.0. The summed E-state index contributed by atoms with van der Waals surface area (Å²) in [5.74, 6) is 0. The first kappa shape index (κ1) is 14.0. The van der Waals surface area contributed by atoms with E-state index in [0.29, 0.717) is 0 Å². The summed E-state index contributed by atoms with van der Waals surface area (Å²) in [6.07, 6.45) is 7.72. The van der Waals surface area contributed by atoms with Gasteiger partial charge in [-0.05, 0) is 6.42 Å². The van der Waals surface area contributed by atoms with Gasteiger partial charge in [0.25, 0.3) is 0 Å². The van der Waals surface area contributed by atoms with Gasteiger partial charge in [0.05, 0.1) is 0 Å². The zero-order valence-corrected chi connectivity index (χ0v) is 10.9. The summed E-state index contributed by atoms with van der Waals surface area (Å²) in [7, 11) is 0. The molecule has 0 saturated heterocycles. The van der Waals surface area contributed by atoms with Crippen LogP contribution in [0.3, 0.4) is 0 Å². The fourth-order valence-electron chi connectivity index (χ4n) is 1.59. The largest absolute Gasteiger partial charge is 0.288 e. The van der Waals surface area contributed by atoms with E-state index in [-0.39, 0.29) is 9.86 Å². The van der Waals surface area contributed by atoms with Crippen LogP contribution in [0.5, 0.6) is 0 Å². The van der Waals surface area contributed by atoms with E-state index in [0.717, 1.165) is 6.42 Å². The van der Waals surface area contributed by atoms with Gasteiger partial charge in [-0.3, -0.25) is 4.79 Å². The molecule has 0 N–H and O–H groups in total. The lowest BCUT2D eigenvalue weighted by Crippen LogP contribution is -2.16. The van der Waals surface area contributed by atoms with Crippen molar-refractivity contribution in [2.45, 2.75) is 71.0 Å². The maximum Gasteiger partial charge on any atom is 0.186 e. The van der Waals surface area contributed by atoms with Crippen LogP contribution in [-0.4, -0.2) is 9.86 Å². The zero-order chi connectivity index (χ0) is 11.0. The predicted octanol–water partition coefficient (Wildman–Crippen LogP) is 4.41. The molecule has 2 heteroatoms. The molecule has 0 aliphatic rings.